The van der Waals surface area contributed by atoms with Crippen molar-refractivity contribution in [3.8, 4) is 0 Å². The van der Waals surface area contributed by atoms with Gasteiger partial charge in [-0.2, -0.15) is 9.82 Å². The van der Waals surface area contributed by atoms with Gasteiger partial charge in [0.1, 0.15) is 11.4 Å². The predicted octanol–water partition coefficient (Wildman–Crippen LogP) is 0.509. The lowest BCUT2D eigenvalue weighted by Gasteiger charge is -2.18. The van der Waals surface area contributed by atoms with Gasteiger partial charge >= 0.3 is 5.97 Å². The number of carbonyl (C=O) groups excluding carboxylic acids is 2. The summed E-state index contributed by atoms with van der Waals surface area (Å²) in [6, 6.07) is 9.50. The first-order valence-corrected chi connectivity index (χ1v) is 10.3. The highest BCUT2D eigenvalue weighted by molar-refractivity contribution is 7.89. The van der Waals surface area contributed by atoms with Crippen LogP contribution in [0.1, 0.15) is 24.4 Å². The van der Waals surface area contributed by atoms with Gasteiger partial charge in [-0.05, 0) is 24.3 Å². The van der Waals surface area contributed by atoms with E-state index in [0.717, 1.165) is 18.4 Å². The van der Waals surface area contributed by atoms with Gasteiger partial charge < -0.3 is 10.1 Å². The molecule has 2 N–H and O–H groups in total. The Bertz CT molecular complexity index is 938. The number of nitrogens with one attached hydrogen (secondary N) is 2. The van der Waals surface area contributed by atoms with Gasteiger partial charge in [-0.15, -0.1) is 0 Å². The Balaban J connectivity index is 1.45. The molecular formula is C18H22N4O5S. The highest BCUT2D eigenvalue weighted by Crippen LogP contribution is 2.40. The van der Waals surface area contributed by atoms with E-state index in [2.05, 4.69) is 15.1 Å². The van der Waals surface area contributed by atoms with Crippen LogP contribution in [0.4, 0.5) is 0 Å². The molecular weight excluding hydrogens is 384 g/mol. The molecule has 0 bridgehead atoms. The van der Waals surface area contributed by atoms with Crippen molar-refractivity contribution in [3.05, 3.63) is 48.3 Å². The van der Waals surface area contributed by atoms with Gasteiger partial charge in [-0.25, -0.2) is 8.42 Å². The van der Waals surface area contributed by atoms with Crippen LogP contribution in [0.5, 0.6) is 0 Å². The maximum absolute atomic E-state index is 12.2. The molecule has 1 heterocycles. The Kier molecular flexibility index (Phi) is 6.10. The normalized spacial score (nSPS) is 15.0. The van der Waals surface area contributed by atoms with E-state index < -0.39 is 35.1 Å². The van der Waals surface area contributed by atoms with Crippen LogP contribution in [0.25, 0.3) is 0 Å². The molecule has 1 aromatic carbocycles. The topological polar surface area (TPSA) is 119 Å². The molecule has 2 aromatic rings. The van der Waals surface area contributed by atoms with Crippen molar-refractivity contribution in [2.75, 3.05) is 13.2 Å². The molecule has 1 amide bonds. The van der Waals surface area contributed by atoms with E-state index in [1.165, 1.54) is 17.1 Å². The molecule has 1 aliphatic carbocycles. The van der Waals surface area contributed by atoms with Crippen LogP contribution in [0.3, 0.4) is 0 Å². The summed E-state index contributed by atoms with van der Waals surface area (Å²) < 4.78 is 32.4. The van der Waals surface area contributed by atoms with Gasteiger partial charge in [0, 0.05) is 13.2 Å². The third-order valence-electron chi connectivity index (χ3n) is 4.33. The van der Waals surface area contributed by atoms with Crippen LogP contribution in [0.15, 0.2) is 47.6 Å². The van der Waals surface area contributed by atoms with E-state index in [9.17, 15) is 18.0 Å². The van der Waals surface area contributed by atoms with Crippen molar-refractivity contribution in [2.45, 2.75) is 23.8 Å². The first-order valence-electron chi connectivity index (χ1n) is 8.83. The molecule has 0 radical (unpaired) electrons. The summed E-state index contributed by atoms with van der Waals surface area (Å²) in [7, 11) is -2.29. The number of amides is 1. The summed E-state index contributed by atoms with van der Waals surface area (Å²) in [5, 5.41) is 6.66. The Morgan fingerprint density at radius 1 is 1.29 bits per heavy atom. The summed E-state index contributed by atoms with van der Waals surface area (Å²) >= 11 is 0. The van der Waals surface area contributed by atoms with Crippen LogP contribution < -0.4 is 10.0 Å². The van der Waals surface area contributed by atoms with Crippen LogP contribution in [0.2, 0.25) is 0 Å². The summed E-state index contributed by atoms with van der Waals surface area (Å²) in [4.78, 5) is 23.9. The average molecular weight is 406 g/mol. The van der Waals surface area contributed by atoms with Crippen LogP contribution >= 0.6 is 0 Å². The van der Waals surface area contributed by atoms with Crippen molar-refractivity contribution in [3.63, 3.8) is 0 Å². The number of benzene rings is 1. The number of ether oxygens (including phenoxy) is 1. The van der Waals surface area contributed by atoms with E-state index in [1.54, 1.807) is 7.05 Å². The largest absolute Gasteiger partial charge is 0.455 e. The minimum Gasteiger partial charge on any atom is -0.455 e. The maximum atomic E-state index is 12.2. The molecule has 150 valence electrons. The van der Waals surface area contributed by atoms with Crippen molar-refractivity contribution in [1.29, 1.82) is 0 Å². The van der Waals surface area contributed by atoms with Crippen molar-refractivity contribution in [2.24, 2.45) is 13.0 Å². The molecule has 1 aromatic heterocycles. The van der Waals surface area contributed by atoms with Crippen molar-refractivity contribution >= 4 is 21.9 Å². The summed E-state index contributed by atoms with van der Waals surface area (Å²) in [5.74, 6) is -0.886. The van der Waals surface area contributed by atoms with E-state index in [4.69, 9.17) is 4.74 Å². The summed E-state index contributed by atoms with van der Waals surface area (Å²) in [5.41, 5.74) is 1.01. The Hall–Kier alpha value is -2.72. The number of nitrogens with zero attached hydrogens (tertiary/aromatic N) is 2. The first kappa shape index (κ1) is 20.0. The molecule has 1 unspecified atom stereocenters. The molecule has 0 spiro atoms. The zero-order valence-electron chi connectivity index (χ0n) is 15.4. The third-order valence-corrected chi connectivity index (χ3v) is 5.69. The van der Waals surface area contributed by atoms with Gasteiger partial charge in [0.15, 0.2) is 6.61 Å². The lowest BCUT2D eigenvalue weighted by molar-refractivity contribution is -0.147. The highest BCUT2D eigenvalue weighted by Gasteiger charge is 2.33. The van der Waals surface area contributed by atoms with Crippen molar-refractivity contribution in [1.82, 2.24) is 19.8 Å². The van der Waals surface area contributed by atoms with E-state index in [1.807, 2.05) is 30.3 Å². The quantitative estimate of drug-likeness (QED) is 0.586. The second-order valence-corrected chi connectivity index (χ2v) is 8.40. The molecule has 1 fully saturated rings. The van der Waals surface area contributed by atoms with Crippen LogP contribution in [-0.4, -0.2) is 43.2 Å². The Morgan fingerprint density at radius 2 is 2.00 bits per heavy atom. The second kappa shape index (κ2) is 8.53. The zero-order valence-corrected chi connectivity index (χ0v) is 16.2. The third kappa shape index (κ3) is 5.40. The second-order valence-electron chi connectivity index (χ2n) is 6.63. The van der Waals surface area contributed by atoms with Gasteiger partial charge in [0.25, 0.3) is 5.91 Å². The van der Waals surface area contributed by atoms with Crippen molar-refractivity contribution < 1.29 is 22.7 Å². The monoisotopic (exact) mass is 406 g/mol. The standard InChI is InChI=1S/C18H22N4O5S/c1-22-11-15(9-19-22)28(25,26)20-10-17(24)27-12-16(23)21-18(14-7-8-14)13-5-3-2-4-6-13/h2-6,9,11,14,18,20H,7-8,10,12H2,1H3,(H,21,23). The zero-order chi connectivity index (χ0) is 20.1. The fraction of sp³-hybridized carbons (Fsp3) is 0.389. The smallest absolute Gasteiger partial charge is 0.321 e. The first-order chi connectivity index (χ1) is 13.3. The number of aromatic nitrogens is 2. The van der Waals surface area contributed by atoms with E-state index in [0.29, 0.717) is 5.92 Å². The molecule has 10 heteroatoms. The minimum atomic E-state index is -3.87. The lowest BCUT2D eigenvalue weighted by Crippen LogP contribution is -2.36. The Morgan fingerprint density at radius 3 is 2.61 bits per heavy atom. The molecule has 1 atom stereocenters. The molecule has 1 aliphatic rings. The number of carbonyl (C=O) groups is 2. The molecule has 3 rings (SSSR count). The SMILES string of the molecule is Cn1cc(S(=O)(=O)NCC(=O)OCC(=O)NC(c2ccccc2)C2CC2)cn1. The molecule has 1 saturated carbocycles. The van der Waals surface area contributed by atoms with Gasteiger partial charge in [0.2, 0.25) is 10.0 Å². The fourth-order valence-corrected chi connectivity index (χ4v) is 3.70. The highest BCUT2D eigenvalue weighted by atomic mass is 32.2. The molecule has 9 nitrogen and oxygen atoms in total. The van der Waals surface area contributed by atoms with Gasteiger partial charge in [-0.1, -0.05) is 30.3 Å². The number of hydrogen-bond acceptors (Lipinski definition) is 6. The average Bonchev–Trinajstić information content (AvgIpc) is 3.43. The summed E-state index contributed by atoms with van der Waals surface area (Å²) in [6.45, 7) is -1.04. The van der Waals surface area contributed by atoms with E-state index in [-0.39, 0.29) is 10.9 Å². The maximum Gasteiger partial charge on any atom is 0.321 e. The van der Waals surface area contributed by atoms with Gasteiger partial charge in [0.05, 0.1) is 12.2 Å². The molecule has 0 saturated heterocycles. The molecule has 28 heavy (non-hydrogen) atoms. The summed E-state index contributed by atoms with van der Waals surface area (Å²) in [6.07, 6.45) is 4.55. The Labute approximate surface area is 163 Å². The van der Waals surface area contributed by atoms with Crippen LogP contribution in [0, 0.1) is 5.92 Å². The van der Waals surface area contributed by atoms with Gasteiger partial charge in [-0.3, -0.25) is 14.3 Å². The lowest BCUT2D eigenvalue weighted by atomic mass is 10.0. The number of sulfonamides is 1. The minimum absolute atomic E-state index is 0.0596. The molecule has 0 aliphatic heterocycles. The number of hydrogen-bond donors (Lipinski definition) is 2. The number of esters is 1. The number of aryl methyl sites for hydroxylation is 1. The number of rotatable bonds is 9. The predicted molar refractivity (Wildman–Crippen MR) is 99.4 cm³/mol. The van der Waals surface area contributed by atoms with E-state index >= 15 is 0 Å². The van der Waals surface area contributed by atoms with Crippen LogP contribution in [-0.2, 0) is 31.4 Å². The fourth-order valence-electron chi connectivity index (χ4n) is 2.75.